The fourth-order valence-electron chi connectivity index (χ4n) is 1.92. The summed E-state index contributed by atoms with van der Waals surface area (Å²) in [6.45, 7) is 6.52. The molecule has 0 bridgehead atoms. The minimum absolute atomic E-state index is 0.0136. The smallest absolute Gasteiger partial charge is 0.223 e. The molecule has 0 unspecified atom stereocenters. The molecule has 0 radical (unpaired) electrons. The van der Waals surface area contributed by atoms with Gasteiger partial charge in [0.25, 0.3) is 0 Å². The number of ketones is 1. The van der Waals surface area contributed by atoms with Crippen LogP contribution in [0.15, 0.2) is 24.3 Å². The van der Waals surface area contributed by atoms with E-state index in [-0.39, 0.29) is 29.6 Å². The van der Waals surface area contributed by atoms with Crippen LogP contribution in [0.4, 0.5) is 0 Å². The molecule has 1 fully saturated rings. The molecule has 1 aromatic rings. The topological polar surface area (TPSA) is 46.2 Å². The Bertz CT molecular complexity index is 478. The normalized spacial score (nSPS) is 15.1. The summed E-state index contributed by atoms with van der Waals surface area (Å²) in [7, 11) is 0. The van der Waals surface area contributed by atoms with Gasteiger partial charge in [-0.1, -0.05) is 45.0 Å². The van der Waals surface area contributed by atoms with Crippen LogP contribution in [0.2, 0.25) is 0 Å². The Hall–Kier alpha value is -1.64. The summed E-state index contributed by atoms with van der Waals surface area (Å²) in [5.41, 5.74) is 1.94. The molecule has 0 atom stereocenters. The van der Waals surface area contributed by atoms with Crippen molar-refractivity contribution in [1.82, 2.24) is 5.32 Å². The molecule has 0 saturated heterocycles. The lowest BCUT2D eigenvalue weighted by Gasteiger charge is -2.19. The van der Waals surface area contributed by atoms with Crippen molar-refractivity contribution in [2.24, 2.45) is 5.92 Å². The maximum absolute atomic E-state index is 11.9. The second-order valence-corrected chi connectivity index (χ2v) is 6.24. The average Bonchev–Trinajstić information content (AvgIpc) is 3.19. The zero-order valence-electron chi connectivity index (χ0n) is 11.8. The Morgan fingerprint density at radius 3 is 2.21 bits per heavy atom. The van der Waals surface area contributed by atoms with Crippen LogP contribution in [0.25, 0.3) is 0 Å². The fourth-order valence-corrected chi connectivity index (χ4v) is 1.92. The van der Waals surface area contributed by atoms with Gasteiger partial charge in [-0.3, -0.25) is 9.59 Å². The van der Waals surface area contributed by atoms with Crippen LogP contribution >= 0.6 is 0 Å². The monoisotopic (exact) mass is 259 g/mol. The molecule has 3 nitrogen and oxygen atoms in total. The van der Waals surface area contributed by atoms with Crippen molar-refractivity contribution in [2.45, 2.75) is 39.0 Å². The first kappa shape index (κ1) is 13.8. The lowest BCUT2D eigenvalue weighted by atomic mass is 9.86. The number of amides is 1. The Labute approximate surface area is 114 Å². The number of Topliss-reactive ketones (excluding diaryl/α,β-unsaturated/α-hetero) is 1. The van der Waals surface area contributed by atoms with E-state index in [0.717, 1.165) is 12.8 Å². The molecule has 0 aliphatic heterocycles. The molecule has 0 aromatic heterocycles. The molecule has 0 heterocycles. The zero-order chi connectivity index (χ0) is 14.0. The van der Waals surface area contributed by atoms with Gasteiger partial charge in [-0.05, 0) is 23.8 Å². The standard InChI is InChI=1S/C16H21NO2/c1-16(2,3)13-8-6-11(7-9-13)14(18)10-17-15(19)12-4-5-12/h6-9,12H,4-5,10H2,1-3H3,(H,17,19). The van der Waals surface area contributed by atoms with Crippen molar-refractivity contribution in [3.8, 4) is 0 Å². The molecule has 3 heteroatoms. The Morgan fingerprint density at radius 2 is 1.74 bits per heavy atom. The van der Waals surface area contributed by atoms with Crippen LogP contribution in [-0.4, -0.2) is 18.2 Å². The van der Waals surface area contributed by atoms with Crippen molar-refractivity contribution in [2.75, 3.05) is 6.54 Å². The summed E-state index contributed by atoms with van der Waals surface area (Å²) < 4.78 is 0. The summed E-state index contributed by atoms with van der Waals surface area (Å²) in [5.74, 6) is 0.130. The van der Waals surface area contributed by atoms with Crippen molar-refractivity contribution in [1.29, 1.82) is 0 Å². The Kier molecular flexibility index (Phi) is 3.74. The molecule has 1 aliphatic carbocycles. The van der Waals surface area contributed by atoms with E-state index in [4.69, 9.17) is 0 Å². The van der Waals surface area contributed by atoms with E-state index in [2.05, 4.69) is 26.1 Å². The molecule has 1 amide bonds. The van der Waals surface area contributed by atoms with E-state index < -0.39 is 0 Å². The van der Waals surface area contributed by atoms with Crippen molar-refractivity contribution >= 4 is 11.7 Å². The van der Waals surface area contributed by atoms with Crippen LogP contribution < -0.4 is 5.32 Å². The van der Waals surface area contributed by atoms with Crippen molar-refractivity contribution < 1.29 is 9.59 Å². The van der Waals surface area contributed by atoms with Crippen LogP contribution in [0, 0.1) is 5.92 Å². The number of carbonyl (C=O) groups is 2. The number of rotatable bonds is 4. The first-order chi connectivity index (χ1) is 8.88. The third-order valence-corrected chi connectivity index (χ3v) is 3.44. The van der Waals surface area contributed by atoms with Crippen molar-refractivity contribution in [3.05, 3.63) is 35.4 Å². The maximum atomic E-state index is 11.9. The van der Waals surface area contributed by atoms with Gasteiger partial charge in [0.1, 0.15) is 0 Å². The summed E-state index contributed by atoms with van der Waals surface area (Å²) in [6.07, 6.45) is 1.92. The third kappa shape index (κ3) is 3.66. The first-order valence-electron chi connectivity index (χ1n) is 6.79. The van der Waals surface area contributed by atoms with Crippen LogP contribution in [0.3, 0.4) is 0 Å². The molecule has 1 N–H and O–H groups in total. The van der Waals surface area contributed by atoms with Crippen LogP contribution in [-0.2, 0) is 10.2 Å². The number of nitrogens with one attached hydrogen (secondary N) is 1. The van der Waals surface area contributed by atoms with Crippen LogP contribution in [0.5, 0.6) is 0 Å². The van der Waals surface area contributed by atoms with Gasteiger partial charge in [0, 0.05) is 11.5 Å². The van der Waals surface area contributed by atoms with Gasteiger partial charge in [-0.15, -0.1) is 0 Å². The lowest BCUT2D eigenvalue weighted by molar-refractivity contribution is -0.122. The highest BCUT2D eigenvalue weighted by atomic mass is 16.2. The molecule has 102 valence electrons. The molecule has 1 saturated carbocycles. The Morgan fingerprint density at radius 1 is 1.16 bits per heavy atom. The summed E-state index contributed by atoms with van der Waals surface area (Å²) in [4.78, 5) is 23.4. The van der Waals surface area contributed by atoms with E-state index >= 15 is 0 Å². The number of carbonyl (C=O) groups excluding carboxylic acids is 2. The maximum Gasteiger partial charge on any atom is 0.223 e. The third-order valence-electron chi connectivity index (χ3n) is 3.44. The highest BCUT2D eigenvalue weighted by Crippen LogP contribution is 2.28. The first-order valence-corrected chi connectivity index (χ1v) is 6.79. The predicted molar refractivity (Wildman–Crippen MR) is 75.2 cm³/mol. The number of benzene rings is 1. The molecule has 1 aliphatic rings. The summed E-state index contributed by atoms with van der Waals surface area (Å²) >= 11 is 0. The van der Waals surface area contributed by atoms with E-state index in [1.165, 1.54) is 5.56 Å². The van der Waals surface area contributed by atoms with E-state index in [0.29, 0.717) is 5.56 Å². The van der Waals surface area contributed by atoms with Crippen molar-refractivity contribution in [3.63, 3.8) is 0 Å². The predicted octanol–water partition coefficient (Wildman–Crippen LogP) is 2.69. The van der Waals surface area contributed by atoms with Gasteiger partial charge in [0.15, 0.2) is 5.78 Å². The molecule has 1 aromatic carbocycles. The zero-order valence-corrected chi connectivity index (χ0v) is 11.8. The summed E-state index contributed by atoms with van der Waals surface area (Å²) in [5, 5.41) is 2.70. The SMILES string of the molecule is CC(C)(C)c1ccc(C(=O)CNC(=O)C2CC2)cc1. The van der Waals surface area contributed by atoms with E-state index in [9.17, 15) is 9.59 Å². The highest BCUT2D eigenvalue weighted by Gasteiger charge is 2.29. The molecular weight excluding hydrogens is 238 g/mol. The van der Waals surface area contributed by atoms with Gasteiger partial charge < -0.3 is 5.32 Å². The van der Waals surface area contributed by atoms with Gasteiger partial charge in [0.05, 0.1) is 6.54 Å². The quantitative estimate of drug-likeness (QED) is 0.845. The van der Waals surface area contributed by atoms with E-state index in [1.807, 2.05) is 24.3 Å². The lowest BCUT2D eigenvalue weighted by Crippen LogP contribution is -2.30. The molecular formula is C16H21NO2. The van der Waals surface area contributed by atoms with Crippen LogP contribution in [0.1, 0.15) is 49.5 Å². The molecule has 19 heavy (non-hydrogen) atoms. The minimum Gasteiger partial charge on any atom is -0.348 e. The fraction of sp³-hybridized carbons (Fsp3) is 0.500. The summed E-state index contributed by atoms with van der Waals surface area (Å²) in [6, 6.07) is 7.64. The largest absolute Gasteiger partial charge is 0.348 e. The number of hydrogen-bond donors (Lipinski definition) is 1. The van der Waals surface area contributed by atoms with Gasteiger partial charge in [-0.25, -0.2) is 0 Å². The highest BCUT2D eigenvalue weighted by molar-refractivity contribution is 5.99. The second-order valence-electron chi connectivity index (χ2n) is 6.24. The average molecular weight is 259 g/mol. The van der Waals surface area contributed by atoms with Gasteiger partial charge >= 0.3 is 0 Å². The molecule has 0 spiro atoms. The van der Waals surface area contributed by atoms with Gasteiger partial charge in [0.2, 0.25) is 5.91 Å². The van der Waals surface area contributed by atoms with Gasteiger partial charge in [-0.2, -0.15) is 0 Å². The molecule has 2 rings (SSSR count). The Balaban J connectivity index is 1.93. The van der Waals surface area contributed by atoms with E-state index in [1.54, 1.807) is 0 Å². The number of hydrogen-bond acceptors (Lipinski definition) is 2. The second kappa shape index (κ2) is 5.16. The minimum atomic E-state index is -0.0329.